The molecule has 1 rings (SSSR count). The van der Waals surface area contributed by atoms with Gasteiger partial charge in [0.05, 0.1) is 0 Å². The van der Waals surface area contributed by atoms with E-state index in [-0.39, 0.29) is 11.1 Å². The average molecular weight is 278 g/mol. The summed E-state index contributed by atoms with van der Waals surface area (Å²) in [7, 11) is 0. The lowest BCUT2D eigenvalue weighted by atomic mass is 10.1. The minimum atomic E-state index is -4.75. The van der Waals surface area contributed by atoms with Crippen molar-refractivity contribution in [2.24, 2.45) is 5.73 Å². The second kappa shape index (κ2) is 5.68. The highest BCUT2D eigenvalue weighted by atomic mass is 19.3. The average Bonchev–Trinajstić information content (AvgIpc) is 2.35. The zero-order valence-electron chi connectivity index (χ0n) is 9.50. The van der Waals surface area contributed by atoms with Gasteiger partial charge < -0.3 is 11.1 Å². The fraction of sp³-hybridized carbons (Fsp3) is 0.273. The van der Waals surface area contributed by atoms with Crippen LogP contribution >= 0.6 is 0 Å². The van der Waals surface area contributed by atoms with Gasteiger partial charge in [0.15, 0.2) is 0 Å². The summed E-state index contributed by atoms with van der Waals surface area (Å²) in [6.45, 7) is -0.414. The van der Waals surface area contributed by atoms with Gasteiger partial charge in [-0.1, -0.05) is 12.1 Å². The summed E-state index contributed by atoms with van der Waals surface area (Å²) in [5, 5.41) is 1.67. The highest BCUT2D eigenvalue weighted by Crippen LogP contribution is 2.22. The molecule has 8 heteroatoms. The van der Waals surface area contributed by atoms with Crippen LogP contribution < -0.4 is 11.1 Å². The number of hydrogen-bond acceptors (Lipinski definition) is 2. The molecule has 0 fully saturated rings. The maximum absolute atomic E-state index is 12.6. The van der Waals surface area contributed by atoms with Crippen LogP contribution in [-0.4, -0.2) is 24.2 Å². The summed E-state index contributed by atoms with van der Waals surface area (Å²) in [5.41, 5.74) is 5.41. The van der Waals surface area contributed by atoms with Crippen LogP contribution in [0, 0.1) is 0 Å². The lowest BCUT2D eigenvalue weighted by Gasteiger charge is -2.14. The highest BCUT2D eigenvalue weighted by molar-refractivity contribution is 5.92. The van der Waals surface area contributed by atoms with E-state index in [4.69, 9.17) is 5.73 Å². The van der Waals surface area contributed by atoms with E-state index in [0.717, 1.165) is 0 Å². The predicted octanol–water partition coefficient (Wildman–Crippen LogP) is 1.30. The Balaban J connectivity index is 2.70. The number of amides is 2. The maximum atomic E-state index is 12.6. The Morgan fingerprint density at radius 1 is 1.32 bits per heavy atom. The molecule has 0 atom stereocenters. The first kappa shape index (κ1) is 14.9. The Labute approximate surface area is 105 Å². The van der Waals surface area contributed by atoms with E-state index in [2.05, 4.69) is 0 Å². The Bertz CT molecular complexity index is 491. The summed E-state index contributed by atoms with van der Waals surface area (Å²) in [5.74, 6) is -7.56. The molecule has 0 aliphatic rings. The number of primary amides is 1. The molecule has 0 heterocycles. The van der Waals surface area contributed by atoms with E-state index in [9.17, 15) is 27.2 Å². The maximum Gasteiger partial charge on any atom is 0.383 e. The number of benzene rings is 1. The minimum absolute atomic E-state index is 0.118. The number of carbonyl (C=O) groups excluding carboxylic acids is 2. The van der Waals surface area contributed by atoms with Crippen LogP contribution in [0.3, 0.4) is 0 Å². The van der Waals surface area contributed by atoms with Gasteiger partial charge >= 0.3 is 12.3 Å². The van der Waals surface area contributed by atoms with Gasteiger partial charge in [0, 0.05) is 12.1 Å². The lowest BCUT2D eigenvalue weighted by Crippen LogP contribution is -2.44. The molecular formula is C11H10F4N2O2. The minimum Gasteiger partial charge on any atom is -0.366 e. The van der Waals surface area contributed by atoms with Crippen LogP contribution in [0.2, 0.25) is 0 Å². The smallest absolute Gasteiger partial charge is 0.366 e. The van der Waals surface area contributed by atoms with E-state index in [1.807, 2.05) is 0 Å². The van der Waals surface area contributed by atoms with Crippen LogP contribution in [0.5, 0.6) is 0 Å². The Kier molecular flexibility index (Phi) is 4.47. The molecule has 0 bridgehead atoms. The van der Waals surface area contributed by atoms with E-state index < -0.39 is 30.7 Å². The molecular weight excluding hydrogens is 268 g/mol. The number of nitrogens with two attached hydrogens (primary N) is 1. The second-order valence-electron chi connectivity index (χ2n) is 3.67. The summed E-state index contributed by atoms with van der Waals surface area (Å²) in [4.78, 5) is 21.7. The molecule has 0 aliphatic heterocycles. The Hall–Kier alpha value is -2.12. The quantitative estimate of drug-likeness (QED) is 0.797. The van der Waals surface area contributed by atoms with Crippen LogP contribution in [0.4, 0.5) is 17.6 Å². The largest absolute Gasteiger partial charge is 0.383 e. The third kappa shape index (κ3) is 3.67. The van der Waals surface area contributed by atoms with E-state index in [1.54, 1.807) is 5.32 Å². The fourth-order valence-corrected chi connectivity index (χ4v) is 1.23. The van der Waals surface area contributed by atoms with Crippen LogP contribution in [-0.2, 0) is 11.3 Å². The second-order valence-corrected chi connectivity index (χ2v) is 3.67. The van der Waals surface area contributed by atoms with Crippen molar-refractivity contribution in [3.63, 3.8) is 0 Å². The number of nitrogens with one attached hydrogen (secondary N) is 1. The van der Waals surface area contributed by atoms with Crippen molar-refractivity contribution in [3.05, 3.63) is 35.4 Å². The molecule has 0 saturated heterocycles. The third-order valence-corrected chi connectivity index (χ3v) is 2.24. The van der Waals surface area contributed by atoms with Gasteiger partial charge in [0.25, 0.3) is 5.91 Å². The monoisotopic (exact) mass is 278 g/mol. The predicted molar refractivity (Wildman–Crippen MR) is 57.8 cm³/mol. The zero-order valence-corrected chi connectivity index (χ0v) is 9.50. The normalized spacial score (nSPS) is 11.4. The molecule has 0 radical (unpaired) electrons. The first-order valence-electron chi connectivity index (χ1n) is 5.08. The fourth-order valence-electron chi connectivity index (χ4n) is 1.23. The molecule has 4 nitrogen and oxygen atoms in total. The van der Waals surface area contributed by atoms with E-state index >= 15 is 0 Å². The lowest BCUT2D eigenvalue weighted by molar-refractivity contribution is -0.169. The molecule has 19 heavy (non-hydrogen) atoms. The summed E-state index contributed by atoms with van der Waals surface area (Å²) in [6.07, 6.45) is -4.08. The van der Waals surface area contributed by atoms with E-state index in [1.165, 1.54) is 24.3 Å². The molecule has 1 aromatic carbocycles. The zero-order chi connectivity index (χ0) is 14.6. The Morgan fingerprint density at radius 2 is 1.95 bits per heavy atom. The SMILES string of the molecule is NC(=O)c1cccc(CNC(=O)C(F)(F)C(F)F)c1. The molecule has 104 valence electrons. The number of rotatable bonds is 5. The molecule has 3 N–H and O–H groups in total. The molecule has 0 saturated carbocycles. The highest BCUT2D eigenvalue weighted by Gasteiger charge is 2.48. The topological polar surface area (TPSA) is 72.2 Å². The molecule has 1 aromatic rings. The summed E-state index contributed by atoms with van der Waals surface area (Å²) >= 11 is 0. The standard InChI is InChI=1S/C11H10F4N2O2/c12-9(13)11(14,15)10(19)17-5-6-2-1-3-7(4-6)8(16)18/h1-4,9H,5H2,(H2,16,18)(H,17,19). The van der Waals surface area contributed by atoms with Gasteiger partial charge in [0.1, 0.15) is 0 Å². The first-order valence-corrected chi connectivity index (χ1v) is 5.08. The van der Waals surface area contributed by atoms with Gasteiger partial charge in [0.2, 0.25) is 5.91 Å². The van der Waals surface area contributed by atoms with Crippen molar-refractivity contribution in [3.8, 4) is 0 Å². The summed E-state index contributed by atoms with van der Waals surface area (Å²) in [6, 6.07) is 5.50. The van der Waals surface area contributed by atoms with Crippen molar-refractivity contribution in [2.45, 2.75) is 18.9 Å². The molecule has 0 spiro atoms. The Morgan fingerprint density at radius 3 is 2.47 bits per heavy atom. The van der Waals surface area contributed by atoms with Crippen molar-refractivity contribution < 1.29 is 27.2 Å². The van der Waals surface area contributed by atoms with Gasteiger partial charge in [-0.3, -0.25) is 9.59 Å². The van der Waals surface area contributed by atoms with Crippen molar-refractivity contribution in [1.82, 2.24) is 5.32 Å². The first-order chi connectivity index (χ1) is 8.75. The molecule has 0 aliphatic carbocycles. The molecule has 0 unspecified atom stereocenters. The molecule has 2 amide bonds. The van der Waals surface area contributed by atoms with Crippen molar-refractivity contribution >= 4 is 11.8 Å². The van der Waals surface area contributed by atoms with Crippen molar-refractivity contribution in [1.29, 1.82) is 0 Å². The number of halogens is 4. The third-order valence-electron chi connectivity index (χ3n) is 2.24. The van der Waals surface area contributed by atoms with Gasteiger partial charge in [-0.15, -0.1) is 0 Å². The van der Waals surface area contributed by atoms with Crippen LogP contribution in [0.25, 0.3) is 0 Å². The van der Waals surface area contributed by atoms with E-state index in [0.29, 0.717) is 0 Å². The van der Waals surface area contributed by atoms with Crippen LogP contribution in [0.15, 0.2) is 24.3 Å². The molecule has 0 aromatic heterocycles. The van der Waals surface area contributed by atoms with Crippen LogP contribution in [0.1, 0.15) is 15.9 Å². The van der Waals surface area contributed by atoms with Gasteiger partial charge in [-0.05, 0) is 17.7 Å². The van der Waals surface area contributed by atoms with Gasteiger partial charge in [-0.2, -0.15) is 8.78 Å². The van der Waals surface area contributed by atoms with Crippen molar-refractivity contribution in [2.75, 3.05) is 0 Å². The number of carbonyl (C=O) groups is 2. The number of alkyl halides is 4. The number of hydrogen-bond donors (Lipinski definition) is 2. The van der Waals surface area contributed by atoms with Gasteiger partial charge in [-0.25, -0.2) is 8.78 Å². The summed E-state index contributed by atoms with van der Waals surface area (Å²) < 4.78 is 49.0.